The second kappa shape index (κ2) is 5.63. The summed E-state index contributed by atoms with van der Waals surface area (Å²) in [6, 6.07) is 3.95. The number of carbonyl (C=O) groups is 1. The van der Waals surface area contributed by atoms with Crippen molar-refractivity contribution < 1.29 is 4.79 Å². The second-order valence-corrected chi connectivity index (χ2v) is 5.63. The first kappa shape index (κ1) is 12.6. The summed E-state index contributed by atoms with van der Waals surface area (Å²) >= 11 is 3.35. The van der Waals surface area contributed by atoms with Crippen molar-refractivity contribution in [2.45, 2.75) is 38.6 Å². The molecule has 1 aromatic rings. The van der Waals surface area contributed by atoms with Gasteiger partial charge >= 0.3 is 0 Å². The number of halogens is 1. The van der Waals surface area contributed by atoms with Crippen molar-refractivity contribution in [3.05, 3.63) is 28.5 Å². The minimum absolute atomic E-state index is 0.0726. The van der Waals surface area contributed by atoms with E-state index in [1.807, 2.05) is 12.1 Å². The molecular formula is C13H17BrN2O. The van der Waals surface area contributed by atoms with Crippen LogP contribution in [0, 0.1) is 5.92 Å². The number of pyridine rings is 1. The van der Waals surface area contributed by atoms with Gasteiger partial charge in [0.1, 0.15) is 5.69 Å². The van der Waals surface area contributed by atoms with Gasteiger partial charge in [0.05, 0.1) is 0 Å². The largest absolute Gasteiger partial charge is 0.348 e. The minimum Gasteiger partial charge on any atom is -0.348 e. The Labute approximate surface area is 110 Å². The van der Waals surface area contributed by atoms with Crippen molar-refractivity contribution in [1.82, 2.24) is 10.3 Å². The Hall–Kier alpha value is -0.900. The van der Waals surface area contributed by atoms with Crippen LogP contribution in [0.25, 0.3) is 0 Å². The SMILES string of the molecule is CC1CCCC(NC(=O)c2ncccc2Br)C1. The molecule has 1 saturated carbocycles. The Morgan fingerprint density at radius 1 is 1.53 bits per heavy atom. The first-order chi connectivity index (χ1) is 8.16. The molecule has 1 aliphatic carbocycles. The third-order valence-corrected chi connectivity index (χ3v) is 3.89. The fraction of sp³-hybridized carbons (Fsp3) is 0.538. The van der Waals surface area contributed by atoms with E-state index in [9.17, 15) is 4.79 Å². The highest BCUT2D eigenvalue weighted by molar-refractivity contribution is 9.10. The zero-order valence-corrected chi connectivity index (χ0v) is 11.5. The molecule has 0 spiro atoms. The van der Waals surface area contributed by atoms with Crippen LogP contribution in [0.2, 0.25) is 0 Å². The molecule has 0 bridgehead atoms. The molecule has 4 heteroatoms. The summed E-state index contributed by atoms with van der Waals surface area (Å²) in [7, 11) is 0. The predicted octanol–water partition coefficient (Wildman–Crippen LogP) is 3.15. The van der Waals surface area contributed by atoms with Gasteiger partial charge in [-0.15, -0.1) is 0 Å². The maximum atomic E-state index is 12.0. The molecule has 0 aliphatic heterocycles. The van der Waals surface area contributed by atoms with Gasteiger partial charge in [0.15, 0.2) is 0 Å². The van der Waals surface area contributed by atoms with Gasteiger partial charge in [0.25, 0.3) is 5.91 Å². The normalized spacial score (nSPS) is 24.4. The quantitative estimate of drug-likeness (QED) is 0.911. The highest BCUT2D eigenvalue weighted by Crippen LogP contribution is 2.24. The molecule has 3 nitrogen and oxygen atoms in total. The maximum absolute atomic E-state index is 12.0. The lowest BCUT2D eigenvalue weighted by Gasteiger charge is -2.27. The third kappa shape index (κ3) is 3.28. The number of aromatic nitrogens is 1. The van der Waals surface area contributed by atoms with Gasteiger partial charge in [-0.3, -0.25) is 4.79 Å². The summed E-state index contributed by atoms with van der Waals surface area (Å²) in [6.45, 7) is 2.25. The number of hydrogen-bond donors (Lipinski definition) is 1. The average Bonchev–Trinajstić information content (AvgIpc) is 2.29. The lowest BCUT2D eigenvalue weighted by molar-refractivity contribution is 0.0915. The molecule has 0 aromatic carbocycles. The smallest absolute Gasteiger partial charge is 0.271 e. The summed E-state index contributed by atoms with van der Waals surface area (Å²) in [4.78, 5) is 16.1. The summed E-state index contributed by atoms with van der Waals surface area (Å²) < 4.78 is 0.751. The number of nitrogens with one attached hydrogen (secondary N) is 1. The molecule has 17 heavy (non-hydrogen) atoms. The van der Waals surface area contributed by atoms with E-state index in [0.717, 1.165) is 17.3 Å². The first-order valence-electron chi connectivity index (χ1n) is 6.08. The van der Waals surface area contributed by atoms with Crippen LogP contribution in [-0.4, -0.2) is 16.9 Å². The molecule has 2 rings (SSSR count). The topological polar surface area (TPSA) is 42.0 Å². The van der Waals surface area contributed by atoms with Crippen molar-refractivity contribution in [3.8, 4) is 0 Å². The Kier molecular flexibility index (Phi) is 4.15. The molecule has 1 amide bonds. The van der Waals surface area contributed by atoms with Crippen LogP contribution in [0.4, 0.5) is 0 Å². The van der Waals surface area contributed by atoms with E-state index in [0.29, 0.717) is 17.7 Å². The molecule has 1 fully saturated rings. The Balaban J connectivity index is 1.99. The molecule has 1 N–H and O–H groups in total. The zero-order valence-electron chi connectivity index (χ0n) is 9.95. The minimum atomic E-state index is -0.0726. The van der Waals surface area contributed by atoms with Gasteiger partial charge < -0.3 is 5.32 Å². The fourth-order valence-electron chi connectivity index (χ4n) is 2.37. The molecule has 2 atom stereocenters. The number of hydrogen-bond acceptors (Lipinski definition) is 2. The van der Waals surface area contributed by atoms with Gasteiger partial charge in [-0.25, -0.2) is 4.98 Å². The van der Waals surface area contributed by atoms with E-state index in [-0.39, 0.29) is 5.91 Å². The number of rotatable bonds is 2. The van der Waals surface area contributed by atoms with Crippen LogP contribution in [0.3, 0.4) is 0 Å². The van der Waals surface area contributed by atoms with Crippen LogP contribution in [0.1, 0.15) is 43.1 Å². The number of carbonyl (C=O) groups excluding carboxylic acids is 1. The molecule has 1 aliphatic rings. The van der Waals surface area contributed by atoms with E-state index < -0.39 is 0 Å². The molecule has 1 aromatic heterocycles. The summed E-state index contributed by atoms with van der Waals surface area (Å²) in [5.74, 6) is 0.637. The van der Waals surface area contributed by atoms with Crippen LogP contribution >= 0.6 is 15.9 Å². The van der Waals surface area contributed by atoms with Gasteiger partial charge in [0, 0.05) is 16.7 Å². The van der Waals surface area contributed by atoms with Crippen LogP contribution < -0.4 is 5.32 Å². The number of nitrogens with zero attached hydrogens (tertiary/aromatic N) is 1. The first-order valence-corrected chi connectivity index (χ1v) is 6.87. The predicted molar refractivity (Wildman–Crippen MR) is 70.8 cm³/mol. The summed E-state index contributed by atoms with van der Waals surface area (Å²) in [5.41, 5.74) is 0.478. The summed E-state index contributed by atoms with van der Waals surface area (Å²) in [6.07, 6.45) is 6.29. The van der Waals surface area contributed by atoms with Crippen molar-refractivity contribution >= 4 is 21.8 Å². The van der Waals surface area contributed by atoms with Gasteiger partial charge in [0.2, 0.25) is 0 Å². The van der Waals surface area contributed by atoms with Crippen LogP contribution in [0.15, 0.2) is 22.8 Å². The van der Waals surface area contributed by atoms with Gasteiger partial charge in [-0.2, -0.15) is 0 Å². The van der Waals surface area contributed by atoms with Crippen molar-refractivity contribution in [2.24, 2.45) is 5.92 Å². The van der Waals surface area contributed by atoms with E-state index >= 15 is 0 Å². The molecule has 1 heterocycles. The molecular weight excluding hydrogens is 280 g/mol. The standard InChI is InChI=1S/C13H17BrN2O/c1-9-4-2-5-10(8-9)16-13(17)12-11(14)6-3-7-15-12/h3,6-7,9-10H,2,4-5,8H2,1H3,(H,16,17). The monoisotopic (exact) mass is 296 g/mol. The van der Waals surface area contributed by atoms with Crippen molar-refractivity contribution in [1.29, 1.82) is 0 Å². The second-order valence-electron chi connectivity index (χ2n) is 4.78. The van der Waals surface area contributed by atoms with E-state index in [2.05, 4.69) is 33.2 Å². The third-order valence-electron chi connectivity index (χ3n) is 3.25. The highest BCUT2D eigenvalue weighted by Gasteiger charge is 2.22. The lowest BCUT2D eigenvalue weighted by Crippen LogP contribution is -2.38. The molecule has 2 unspecified atom stereocenters. The average molecular weight is 297 g/mol. The van der Waals surface area contributed by atoms with Crippen molar-refractivity contribution in [2.75, 3.05) is 0 Å². The van der Waals surface area contributed by atoms with E-state index in [1.165, 1.54) is 12.8 Å². The van der Waals surface area contributed by atoms with Crippen LogP contribution in [-0.2, 0) is 0 Å². The maximum Gasteiger partial charge on any atom is 0.271 e. The Bertz CT molecular complexity index is 408. The molecule has 0 saturated heterocycles. The van der Waals surface area contributed by atoms with Crippen LogP contribution in [0.5, 0.6) is 0 Å². The van der Waals surface area contributed by atoms with Gasteiger partial charge in [-0.05, 0) is 46.8 Å². The zero-order chi connectivity index (χ0) is 12.3. The highest BCUT2D eigenvalue weighted by atomic mass is 79.9. The van der Waals surface area contributed by atoms with Crippen molar-refractivity contribution in [3.63, 3.8) is 0 Å². The molecule has 0 radical (unpaired) electrons. The molecule has 92 valence electrons. The Morgan fingerprint density at radius 3 is 3.06 bits per heavy atom. The fourth-order valence-corrected chi connectivity index (χ4v) is 2.81. The summed E-state index contributed by atoms with van der Waals surface area (Å²) in [5, 5.41) is 3.07. The van der Waals surface area contributed by atoms with Gasteiger partial charge in [-0.1, -0.05) is 19.8 Å². The van der Waals surface area contributed by atoms with E-state index in [4.69, 9.17) is 0 Å². The lowest BCUT2D eigenvalue weighted by atomic mass is 9.87. The number of amides is 1. The van der Waals surface area contributed by atoms with E-state index in [1.54, 1.807) is 6.20 Å². The Morgan fingerprint density at radius 2 is 2.35 bits per heavy atom.